The molecule has 19 heavy (non-hydrogen) atoms. The molecule has 1 N–H and O–H groups in total. The second-order valence-electron chi connectivity index (χ2n) is 7.22. The number of rotatable bonds is 3. The lowest BCUT2D eigenvalue weighted by Gasteiger charge is -2.38. The number of hydrogen-bond acceptors (Lipinski definition) is 2. The average molecular weight is 280 g/mol. The van der Waals surface area contributed by atoms with E-state index in [2.05, 4.69) is 71.5 Å². The van der Waals surface area contributed by atoms with Crippen LogP contribution in [-0.2, 0) is 5.41 Å². The van der Waals surface area contributed by atoms with Crippen LogP contribution in [0.4, 0.5) is 0 Å². The molecule has 0 spiro atoms. The van der Waals surface area contributed by atoms with Gasteiger partial charge in [0, 0.05) is 0 Å². The van der Waals surface area contributed by atoms with Crippen molar-refractivity contribution in [3.8, 4) is 5.75 Å². The maximum atomic E-state index is 10.7. The summed E-state index contributed by atoms with van der Waals surface area (Å²) in [6.45, 7) is 15.5. The van der Waals surface area contributed by atoms with Crippen LogP contribution in [0.3, 0.4) is 0 Å². The Labute approximate surface area is 119 Å². The Bertz CT molecular complexity index is 447. The van der Waals surface area contributed by atoms with Crippen LogP contribution in [-0.4, -0.2) is 31.0 Å². The van der Waals surface area contributed by atoms with Crippen LogP contribution < -0.4 is 5.19 Å². The fourth-order valence-electron chi connectivity index (χ4n) is 2.48. The third-order valence-corrected chi connectivity index (χ3v) is 8.16. The first-order chi connectivity index (χ1) is 8.49. The molecular formula is C16H29NOSi. The van der Waals surface area contributed by atoms with E-state index in [0.29, 0.717) is 11.8 Å². The molecule has 0 radical (unpaired) electrons. The normalized spacial score (nSPS) is 13.4. The van der Waals surface area contributed by atoms with Crippen molar-refractivity contribution < 1.29 is 5.11 Å². The third-order valence-electron chi connectivity index (χ3n) is 4.16. The first-order valence-corrected chi connectivity index (χ1v) is 10.00. The van der Waals surface area contributed by atoms with Crippen LogP contribution >= 0.6 is 0 Å². The number of aromatic hydroxyl groups is 1. The molecule has 0 heterocycles. The first-order valence-electron chi connectivity index (χ1n) is 7.05. The zero-order valence-electron chi connectivity index (χ0n) is 13.7. The second-order valence-corrected chi connectivity index (χ2v) is 11.6. The number of phenols is 1. The van der Waals surface area contributed by atoms with Gasteiger partial charge < -0.3 is 9.67 Å². The Hall–Kier alpha value is -0.803. The molecule has 108 valence electrons. The first kappa shape index (κ1) is 16.3. The molecule has 0 atom stereocenters. The largest absolute Gasteiger partial charge is 0.508 e. The van der Waals surface area contributed by atoms with Gasteiger partial charge in [-0.05, 0) is 29.3 Å². The van der Waals surface area contributed by atoms with E-state index < -0.39 is 8.24 Å². The monoisotopic (exact) mass is 279 g/mol. The van der Waals surface area contributed by atoms with Gasteiger partial charge in [-0.2, -0.15) is 0 Å². The zero-order chi connectivity index (χ0) is 15.0. The van der Waals surface area contributed by atoms with Crippen molar-refractivity contribution in [3.05, 3.63) is 23.8 Å². The van der Waals surface area contributed by atoms with E-state index in [1.165, 1.54) is 0 Å². The number of hydrogen-bond donors (Lipinski definition) is 1. The number of phenolic OH excluding ortho intramolecular Hbond substituents is 1. The fourth-order valence-corrected chi connectivity index (χ4v) is 5.37. The molecule has 3 heteroatoms. The van der Waals surface area contributed by atoms with Gasteiger partial charge in [0.25, 0.3) is 0 Å². The van der Waals surface area contributed by atoms with Gasteiger partial charge in [0.15, 0.2) is 8.24 Å². The molecule has 0 aliphatic heterocycles. The molecule has 0 saturated carbocycles. The summed E-state index contributed by atoms with van der Waals surface area (Å²) in [6, 6.07) is 6.70. The summed E-state index contributed by atoms with van der Waals surface area (Å²) in [5.41, 5.74) is 1.02. The summed E-state index contributed by atoms with van der Waals surface area (Å²) < 4.78 is 2.43. The van der Waals surface area contributed by atoms with Crippen molar-refractivity contribution in [1.82, 2.24) is 4.57 Å². The van der Waals surface area contributed by atoms with Gasteiger partial charge in [-0.15, -0.1) is 0 Å². The van der Waals surface area contributed by atoms with Crippen molar-refractivity contribution in [1.29, 1.82) is 0 Å². The van der Waals surface area contributed by atoms with Gasteiger partial charge in [0.2, 0.25) is 0 Å². The minimum atomic E-state index is -1.82. The van der Waals surface area contributed by atoms with Gasteiger partial charge in [0.05, 0.1) is 0 Å². The quantitative estimate of drug-likeness (QED) is 0.857. The van der Waals surface area contributed by atoms with Gasteiger partial charge >= 0.3 is 0 Å². The van der Waals surface area contributed by atoms with E-state index >= 15 is 0 Å². The van der Waals surface area contributed by atoms with Gasteiger partial charge in [-0.1, -0.05) is 65.9 Å². The van der Waals surface area contributed by atoms with Crippen molar-refractivity contribution in [2.24, 2.45) is 0 Å². The molecule has 0 unspecified atom stereocenters. The van der Waals surface area contributed by atoms with Gasteiger partial charge in [-0.25, -0.2) is 0 Å². The standard InChI is InChI=1S/C16H29NOSi/c1-12(2)17(6)19(7,8)14-11-9-10-13(15(14)18)16(3,4)5/h9-12,18H,1-8H3. The van der Waals surface area contributed by atoms with E-state index in [-0.39, 0.29) is 5.41 Å². The Kier molecular flexibility index (Phi) is 4.53. The number of benzene rings is 1. The lowest BCUT2D eigenvalue weighted by molar-refractivity contribution is 0.420. The highest BCUT2D eigenvalue weighted by Crippen LogP contribution is 2.31. The summed E-state index contributed by atoms with van der Waals surface area (Å²) in [7, 11) is 0.349. The van der Waals surface area contributed by atoms with Crippen LogP contribution in [0.1, 0.15) is 40.2 Å². The van der Waals surface area contributed by atoms with Crippen molar-refractivity contribution in [3.63, 3.8) is 0 Å². The molecular weight excluding hydrogens is 250 g/mol. The summed E-state index contributed by atoms with van der Waals surface area (Å²) in [5.74, 6) is 0.499. The van der Waals surface area contributed by atoms with Crippen molar-refractivity contribution >= 4 is 13.4 Å². The smallest absolute Gasteiger partial charge is 0.158 e. The predicted molar refractivity (Wildman–Crippen MR) is 86.8 cm³/mol. The number of nitrogens with zero attached hydrogens (tertiary/aromatic N) is 1. The van der Waals surface area contributed by atoms with Crippen LogP contribution in [0.25, 0.3) is 0 Å². The molecule has 0 fully saturated rings. The Morgan fingerprint density at radius 3 is 2.11 bits per heavy atom. The van der Waals surface area contributed by atoms with Crippen molar-refractivity contribution in [2.45, 2.75) is 59.2 Å². The van der Waals surface area contributed by atoms with Gasteiger partial charge in [-0.3, -0.25) is 0 Å². The average Bonchev–Trinajstić information content (AvgIpc) is 2.26. The molecule has 0 bridgehead atoms. The Morgan fingerprint density at radius 1 is 1.16 bits per heavy atom. The second kappa shape index (κ2) is 5.29. The van der Waals surface area contributed by atoms with E-state index in [1.54, 1.807) is 0 Å². The van der Waals surface area contributed by atoms with Crippen LogP contribution in [0.15, 0.2) is 18.2 Å². The lowest BCUT2D eigenvalue weighted by Crippen LogP contribution is -2.58. The highest BCUT2D eigenvalue weighted by molar-refractivity contribution is 6.88. The molecule has 0 aliphatic carbocycles. The van der Waals surface area contributed by atoms with E-state index in [1.807, 2.05) is 6.07 Å². The predicted octanol–water partition coefficient (Wildman–Crippen LogP) is 3.44. The SMILES string of the molecule is CC(C)N(C)[Si](C)(C)c1cccc(C(C)(C)C)c1O. The molecule has 0 amide bonds. The summed E-state index contributed by atoms with van der Waals surface area (Å²) in [4.78, 5) is 0. The minimum absolute atomic E-state index is 0.0268. The highest BCUT2D eigenvalue weighted by atomic mass is 28.3. The zero-order valence-corrected chi connectivity index (χ0v) is 14.7. The maximum absolute atomic E-state index is 10.7. The maximum Gasteiger partial charge on any atom is 0.158 e. The molecule has 0 aliphatic rings. The molecule has 0 saturated heterocycles. The third kappa shape index (κ3) is 3.21. The summed E-state index contributed by atoms with van der Waals surface area (Å²) in [5, 5.41) is 11.8. The number of para-hydroxylation sites is 1. The fraction of sp³-hybridized carbons (Fsp3) is 0.625. The van der Waals surface area contributed by atoms with Crippen molar-refractivity contribution in [2.75, 3.05) is 7.05 Å². The van der Waals surface area contributed by atoms with Crippen LogP contribution in [0.2, 0.25) is 13.1 Å². The Balaban J connectivity index is 3.37. The van der Waals surface area contributed by atoms with E-state index in [0.717, 1.165) is 10.8 Å². The summed E-state index contributed by atoms with van der Waals surface area (Å²) >= 11 is 0. The highest BCUT2D eigenvalue weighted by Gasteiger charge is 2.34. The van der Waals surface area contributed by atoms with E-state index in [4.69, 9.17) is 0 Å². The van der Waals surface area contributed by atoms with Crippen LogP contribution in [0, 0.1) is 0 Å². The van der Waals surface area contributed by atoms with E-state index in [9.17, 15) is 5.11 Å². The lowest BCUT2D eigenvalue weighted by atomic mass is 9.86. The molecule has 1 aromatic carbocycles. The molecule has 2 nitrogen and oxygen atoms in total. The molecule has 1 aromatic rings. The van der Waals surface area contributed by atoms with Gasteiger partial charge in [0.1, 0.15) is 5.75 Å². The molecule has 0 aromatic heterocycles. The topological polar surface area (TPSA) is 23.5 Å². The minimum Gasteiger partial charge on any atom is -0.508 e. The summed E-state index contributed by atoms with van der Waals surface area (Å²) in [6.07, 6.45) is 0. The molecule has 1 rings (SSSR count). The Morgan fingerprint density at radius 2 is 1.68 bits per heavy atom. The van der Waals surface area contributed by atoms with Crippen LogP contribution in [0.5, 0.6) is 5.75 Å².